The van der Waals surface area contributed by atoms with E-state index in [1.54, 1.807) is 22.7 Å². The first-order valence-electron chi connectivity index (χ1n) is 5.27. The van der Waals surface area contributed by atoms with Gasteiger partial charge in [0.2, 0.25) is 0 Å². The second-order valence-corrected chi connectivity index (χ2v) is 7.23. The van der Waals surface area contributed by atoms with Crippen LogP contribution in [0.15, 0.2) is 29.6 Å². The number of aryl methyl sites for hydroxylation is 1. The van der Waals surface area contributed by atoms with Crippen molar-refractivity contribution in [3.05, 3.63) is 44.3 Å². The van der Waals surface area contributed by atoms with Crippen molar-refractivity contribution < 1.29 is 0 Å². The first-order chi connectivity index (χ1) is 8.28. The van der Waals surface area contributed by atoms with Crippen LogP contribution in [0, 0.1) is 6.92 Å². The minimum absolute atomic E-state index is 0.123. The summed E-state index contributed by atoms with van der Waals surface area (Å²) < 4.78 is 2.69. The van der Waals surface area contributed by atoms with Crippen LogP contribution in [0.2, 0.25) is 0 Å². The largest absolute Gasteiger partial charge is 0.271 e. The fourth-order valence-corrected chi connectivity index (χ4v) is 5.07. The standard InChI is InChI=1S/C12H12N2S3/c1-7-2-3-9(16-7)12(14-13)11-6-10-8(17-11)4-5-15-10/h2-6,12,14H,13H2,1H3. The van der Waals surface area contributed by atoms with E-state index >= 15 is 0 Å². The molecule has 0 amide bonds. The van der Waals surface area contributed by atoms with E-state index in [-0.39, 0.29) is 6.04 Å². The normalized spacial score (nSPS) is 13.3. The van der Waals surface area contributed by atoms with Crippen LogP contribution in [-0.2, 0) is 0 Å². The SMILES string of the molecule is Cc1ccc(C(NN)c2cc3sccc3s2)s1. The fourth-order valence-electron chi connectivity index (χ4n) is 1.84. The summed E-state index contributed by atoms with van der Waals surface area (Å²) in [7, 11) is 0. The van der Waals surface area contributed by atoms with Crippen LogP contribution in [0.4, 0.5) is 0 Å². The highest BCUT2D eigenvalue weighted by atomic mass is 32.1. The summed E-state index contributed by atoms with van der Waals surface area (Å²) in [6, 6.07) is 8.82. The molecule has 0 fully saturated rings. The smallest absolute Gasteiger partial charge is 0.0895 e. The number of hydrazine groups is 1. The van der Waals surface area contributed by atoms with Crippen molar-refractivity contribution in [3.63, 3.8) is 0 Å². The molecule has 0 aliphatic rings. The highest BCUT2D eigenvalue weighted by Gasteiger charge is 2.17. The molecule has 1 atom stereocenters. The molecule has 3 aromatic rings. The lowest BCUT2D eigenvalue weighted by atomic mass is 10.2. The third-order valence-corrected chi connectivity index (χ3v) is 5.88. The minimum Gasteiger partial charge on any atom is -0.271 e. The molecule has 88 valence electrons. The van der Waals surface area contributed by atoms with Crippen LogP contribution in [0.25, 0.3) is 9.40 Å². The second kappa shape index (κ2) is 4.51. The van der Waals surface area contributed by atoms with Gasteiger partial charge in [0, 0.05) is 24.0 Å². The molecular formula is C12H12N2S3. The highest BCUT2D eigenvalue weighted by Crippen LogP contribution is 2.37. The monoisotopic (exact) mass is 280 g/mol. The van der Waals surface area contributed by atoms with Gasteiger partial charge in [-0.25, -0.2) is 5.43 Å². The number of nitrogens with two attached hydrogens (primary N) is 1. The van der Waals surface area contributed by atoms with Crippen molar-refractivity contribution in [2.75, 3.05) is 0 Å². The summed E-state index contributed by atoms with van der Waals surface area (Å²) in [5, 5.41) is 2.13. The zero-order valence-corrected chi connectivity index (χ0v) is 11.7. The van der Waals surface area contributed by atoms with Gasteiger partial charge in [0.05, 0.1) is 6.04 Å². The maximum atomic E-state index is 5.70. The zero-order valence-electron chi connectivity index (χ0n) is 9.27. The van der Waals surface area contributed by atoms with Gasteiger partial charge >= 0.3 is 0 Å². The maximum absolute atomic E-state index is 5.70. The Morgan fingerprint density at radius 3 is 2.65 bits per heavy atom. The van der Waals surface area contributed by atoms with Gasteiger partial charge < -0.3 is 0 Å². The molecule has 3 N–H and O–H groups in total. The fraction of sp³-hybridized carbons (Fsp3) is 0.167. The van der Waals surface area contributed by atoms with E-state index in [9.17, 15) is 0 Å². The molecule has 0 aliphatic heterocycles. The molecule has 1 unspecified atom stereocenters. The summed E-state index contributed by atoms with van der Waals surface area (Å²) in [6.45, 7) is 2.12. The summed E-state index contributed by atoms with van der Waals surface area (Å²) in [4.78, 5) is 3.88. The summed E-state index contributed by atoms with van der Waals surface area (Å²) in [6.07, 6.45) is 0. The second-order valence-electron chi connectivity index (χ2n) is 3.85. The van der Waals surface area contributed by atoms with Crippen molar-refractivity contribution in [1.82, 2.24) is 5.43 Å². The van der Waals surface area contributed by atoms with E-state index in [4.69, 9.17) is 5.84 Å². The Balaban J connectivity index is 2.03. The average molecular weight is 280 g/mol. The van der Waals surface area contributed by atoms with Gasteiger partial charge in [0.15, 0.2) is 0 Å². The van der Waals surface area contributed by atoms with Crippen LogP contribution >= 0.6 is 34.0 Å². The van der Waals surface area contributed by atoms with Crippen molar-refractivity contribution in [1.29, 1.82) is 0 Å². The molecule has 0 radical (unpaired) electrons. The number of nitrogens with one attached hydrogen (secondary N) is 1. The molecule has 5 heteroatoms. The van der Waals surface area contributed by atoms with Crippen LogP contribution in [-0.4, -0.2) is 0 Å². The Kier molecular flexibility index (Phi) is 3.02. The molecule has 0 aromatic carbocycles. The number of rotatable bonds is 3. The van der Waals surface area contributed by atoms with Gasteiger partial charge in [-0.05, 0) is 36.6 Å². The van der Waals surface area contributed by atoms with Crippen molar-refractivity contribution in [2.45, 2.75) is 13.0 Å². The molecule has 2 nitrogen and oxygen atoms in total. The first kappa shape index (κ1) is 11.4. The van der Waals surface area contributed by atoms with Gasteiger partial charge in [-0.2, -0.15) is 0 Å². The van der Waals surface area contributed by atoms with Crippen molar-refractivity contribution >= 4 is 43.4 Å². The number of hydrogen-bond acceptors (Lipinski definition) is 5. The molecule has 0 aliphatic carbocycles. The quantitative estimate of drug-likeness (QED) is 0.564. The summed E-state index contributed by atoms with van der Waals surface area (Å²) in [5.74, 6) is 5.70. The number of thiophene rings is 3. The Morgan fingerprint density at radius 2 is 2.00 bits per heavy atom. The third-order valence-electron chi connectivity index (χ3n) is 2.66. The third kappa shape index (κ3) is 2.05. The molecular weight excluding hydrogens is 268 g/mol. The zero-order chi connectivity index (χ0) is 11.8. The number of hydrogen-bond donors (Lipinski definition) is 2. The highest BCUT2D eigenvalue weighted by molar-refractivity contribution is 7.27. The van der Waals surface area contributed by atoms with Gasteiger partial charge in [0.1, 0.15) is 0 Å². The van der Waals surface area contributed by atoms with E-state index in [0.29, 0.717) is 0 Å². The Labute approximate surface area is 112 Å². The van der Waals surface area contributed by atoms with Crippen LogP contribution in [0.1, 0.15) is 20.7 Å². The van der Waals surface area contributed by atoms with E-state index in [0.717, 1.165) is 0 Å². The molecule has 0 bridgehead atoms. The maximum Gasteiger partial charge on any atom is 0.0895 e. The summed E-state index contributed by atoms with van der Waals surface area (Å²) >= 11 is 5.39. The van der Waals surface area contributed by atoms with Gasteiger partial charge in [-0.3, -0.25) is 5.84 Å². The van der Waals surface area contributed by atoms with Gasteiger partial charge in [-0.15, -0.1) is 34.0 Å². The molecule has 17 heavy (non-hydrogen) atoms. The molecule has 0 spiro atoms. The molecule has 3 heterocycles. The van der Waals surface area contributed by atoms with Crippen molar-refractivity contribution in [2.24, 2.45) is 5.84 Å². The predicted octanol–water partition coefficient (Wildman–Crippen LogP) is 3.89. The van der Waals surface area contributed by atoms with Crippen molar-refractivity contribution in [3.8, 4) is 0 Å². The topological polar surface area (TPSA) is 38.0 Å². The van der Waals surface area contributed by atoms with Crippen LogP contribution in [0.3, 0.4) is 0 Å². The molecule has 3 aromatic heterocycles. The molecule has 0 saturated carbocycles. The first-order valence-corrected chi connectivity index (χ1v) is 7.78. The Hall–Kier alpha value is -0.720. The molecule has 3 rings (SSSR count). The lowest BCUT2D eigenvalue weighted by Gasteiger charge is -2.11. The van der Waals surface area contributed by atoms with E-state index in [2.05, 4.69) is 42.0 Å². The van der Waals surface area contributed by atoms with E-state index < -0.39 is 0 Å². The van der Waals surface area contributed by atoms with Gasteiger partial charge in [-0.1, -0.05) is 0 Å². The van der Waals surface area contributed by atoms with E-state index in [1.165, 1.54) is 24.0 Å². The lowest BCUT2D eigenvalue weighted by molar-refractivity contribution is 0.657. The molecule has 0 saturated heterocycles. The van der Waals surface area contributed by atoms with E-state index in [1.807, 2.05) is 11.3 Å². The average Bonchev–Trinajstić information content (AvgIpc) is 2.95. The predicted molar refractivity (Wildman–Crippen MR) is 77.9 cm³/mol. The Bertz CT molecular complexity index is 606. The van der Waals surface area contributed by atoms with Crippen LogP contribution < -0.4 is 11.3 Å². The van der Waals surface area contributed by atoms with Crippen LogP contribution in [0.5, 0.6) is 0 Å². The van der Waals surface area contributed by atoms with Gasteiger partial charge in [0.25, 0.3) is 0 Å². The Morgan fingerprint density at radius 1 is 1.12 bits per heavy atom. The minimum atomic E-state index is 0.123. The summed E-state index contributed by atoms with van der Waals surface area (Å²) in [5.41, 5.74) is 2.92. The lowest BCUT2D eigenvalue weighted by Crippen LogP contribution is -2.27. The number of fused-ring (bicyclic) bond motifs is 1.